The number of ether oxygens (including phenoxy) is 1. The van der Waals surface area contributed by atoms with Gasteiger partial charge in [0, 0.05) is 11.8 Å². The van der Waals surface area contributed by atoms with E-state index in [2.05, 4.69) is 22.4 Å². The Kier molecular flexibility index (Phi) is 7.60. The predicted molar refractivity (Wildman–Crippen MR) is 98.2 cm³/mol. The van der Waals surface area contributed by atoms with Crippen molar-refractivity contribution in [3.8, 4) is 0 Å². The fourth-order valence-corrected chi connectivity index (χ4v) is 3.74. The largest absolute Gasteiger partial charge is 0.396 e. The van der Waals surface area contributed by atoms with E-state index in [1.54, 1.807) is 16.8 Å². The lowest BCUT2D eigenvalue weighted by molar-refractivity contribution is 0.0583. The van der Waals surface area contributed by atoms with Crippen LogP contribution in [0, 0.1) is 4.91 Å². The number of nitroso groups, excluding NO2 is 1. The molecule has 3 atom stereocenters. The lowest BCUT2D eigenvalue weighted by Crippen LogP contribution is -2.49. The first-order valence-corrected chi connectivity index (χ1v) is 9.55. The molecule has 2 aliphatic rings. The molecule has 5 N–H and O–H groups in total. The Morgan fingerprint density at radius 2 is 2.33 bits per heavy atom. The quantitative estimate of drug-likeness (QED) is 0.147. The second kappa shape index (κ2) is 9.45. The summed E-state index contributed by atoms with van der Waals surface area (Å²) in [7, 11) is 0. The third-order valence-electron chi connectivity index (χ3n) is 3.97. The number of nitrogens with zero attached hydrogens (tertiary/aromatic N) is 3. The van der Waals surface area contributed by atoms with Gasteiger partial charge in [-0.25, -0.2) is 10.8 Å². The average Bonchev–Trinajstić information content (AvgIpc) is 3.04. The molecule has 0 amide bonds. The third kappa shape index (κ3) is 4.98. The molecule has 1 heterocycles. The predicted octanol–water partition coefficient (Wildman–Crippen LogP) is 1.66. The molecule has 24 heavy (non-hydrogen) atoms. The molecule has 136 valence electrons. The maximum atomic E-state index is 10.1. The molecule has 0 saturated heterocycles. The molecule has 8 nitrogen and oxygen atoms in total. The van der Waals surface area contributed by atoms with Gasteiger partial charge in [-0.2, -0.15) is 4.91 Å². The van der Waals surface area contributed by atoms with Crippen molar-refractivity contribution in [3.05, 3.63) is 16.4 Å². The zero-order valence-electron chi connectivity index (χ0n) is 13.8. The van der Waals surface area contributed by atoms with Crippen molar-refractivity contribution in [2.75, 3.05) is 18.9 Å². The second-order valence-corrected chi connectivity index (χ2v) is 7.26. The van der Waals surface area contributed by atoms with E-state index in [9.17, 15) is 4.91 Å². The summed E-state index contributed by atoms with van der Waals surface area (Å²) in [6, 6.07) is 0.0969. The van der Waals surface area contributed by atoms with Gasteiger partial charge in [0.25, 0.3) is 0 Å². The fraction of sp³-hybridized carbons (Fsp3) is 0.786. The third-order valence-corrected chi connectivity index (χ3v) is 5.40. The van der Waals surface area contributed by atoms with Crippen LogP contribution in [0.1, 0.15) is 32.6 Å². The Bertz CT molecular complexity index is 504. The number of alkyl halides is 1. The van der Waals surface area contributed by atoms with Crippen LogP contribution in [0.4, 0.5) is 0 Å². The van der Waals surface area contributed by atoms with Crippen LogP contribution in [-0.4, -0.2) is 46.7 Å². The molecular weight excluding hydrogens is 352 g/mol. The number of thioether (sulfide) groups is 1. The van der Waals surface area contributed by atoms with E-state index in [1.165, 1.54) is 0 Å². The molecule has 0 radical (unpaired) electrons. The van der Waals surface area contributed by atoms with E-state index >= 15 is 0 Å². The Labute approximate surface area is 151 Å². The normalized spacial score (nSPS) is 27.0. The summed E-state index contributed by atoms with van der Waals surface area (Å²) >= 11 is 7.83. The number of halogens is 1. The van der Waals surface area contributed by atoms with E-state index in [0.29, 0.717) is 18.1 Å². The van der Waals surface area contributed by atoms with Gasteiger partial charge in [-0.3, -0.25) is 5.01 Å². The molecule has 1 saturated carbocycles. The van der Waals surface area contributed by atoms with Gasteiger partial charge in [0.05, 0.1) is 18.4 Å². The highest BCUT2D eigenvalue weighted by Gasteiger charge is 2.33. The number of hydrogen-bond acceptors (Lipinski definition) is 9. The molecule has 0 spiro atoms. The molecule has 2 rings (SSSR count). The maximum absolute atomic E-state index is 10.1. The van der Waals surface area contributed by atoms with Crippen molar-refractivity contribution in [2.24, 2.45) is 21.7 Å². The van der Waals surface area contributed by atoms with E-state index in [4.69, 9.17) is 27.9 Å². The highest BCUT2D eigenvalue weighted by atomic mass is 35.5. The average molecular weight is 377 g/mol. The van der Waals surface area contributed by atoms with E-state index in [1.807, 2.05) is 0 Å². The highest BCUT2D eigenvalue weighted by Crippen LogP contribution is 2.29. The number of aliphatic imine (C=N–C) groups is 1. The highest BCUT2D eigenvalue weighted by molar-refractivity contribution is 8.13. The van der Waals surface area contributed by atoms with Crippen molar-refractivity contribution >= 4 is 28.5 Å². The first-order valence-electron chi connectivity index (χ1n) is 8.12. The molecule has 0 bridgehead atoms. The van der Waals surface area contributed by atoms with E-state index in [0.717, 1.165) is 36.6 Å². The van der Waals surface area contributed by atoms with Crippen molar-refractivity contribution in [1.29, 1.82) is 0 Å². The van der Waals surface area contributed by atoms with Crippen LogP contribution in [0.5, 0.6) is 0 Å². The van der Waals surface area contributed by atoms with E-state index < -0.39 is 5.50 Å². The first-order chi connectivity index (χ1) is 11.6. The Morgan fingerprint density at radius 1 is 1.54 bits per heavy atom. The fourth-order valence-electron chi connectivity index (χ4n) is 2.74. The van der Waals surface area contributed by atoms with Gasteiger partial charge >= 0.3 is 0 Å². The molecule has 1 aliphatic carbocycles. The topological polar surface area (TPSA) is 118 Å². The van der Waals surface area contributed by atoms with Crippen LogP contribution in [-0.2, 0) is 4.74 Å². The summed E-state index contributed by atoms with van der Waals surface area (Å²) in [6.07, 6.45) is 3.67. The Hall–Kier alpha value is -1.03. The number of nitrogens with two attached hydrogens (primary N) is 2. The van der Waals surface area contributed by atoms with Crippen LogP contribution in [0.15, 0.2) is 21.7 Å². The SMILES string of the molecule is CCCSC1=NC(Cl)C(N)=C(N(N)[C@H]2CC[C@@H](OCCN=O)C2)N1. The smallest absolute Gasteiger partial charge is 0.169 e. The minimum atomic E-state index is -0.612. The van der Waals surface area contributed by atoms with Crippen LogP contribution in [0.2, 0.25) is 0 Å². The number of hydrogen-bond donors (Lipinski definition) is 3. The van der Waals surface area contributed by atoms with Gasteiger partial charge in [0.15, 0.2) is 10.7 Å². The summed E-state index contributed by atoms with van der Waals surface area (Å²) in [5.41, 5.74) is 5.90. The summed E-state index contributed by atoms with van der Waals surface area (Å²) < 4.78 is 5.64. The van der Waals surface area contributed by atoms with E-state index in [-0.39, 0.29) is 18.7 Å². The zero-order chi connectivity index (χ0) is 17.5. The molecule has 1 aliphatic heterocycles. The van der Waals surface area contributed by atoms with Crippen LogP contribution in [0.25, 0.3) is 0 Å². The van der Waals surface area contributed by atoms with Crippen molar-refractivity contribution in [1.82, 2.24) is 10.3 Å². The molecule has 0 aromatic rings. The van der Waals surface area contributed by atoms with Gasteiger partial charge in [-0.05, 0) is 25.7 Å². The standard InChI is InChI=1S/C14H25ClN6O2S/c1-2-7-24-14-19-12(15)11(16)13(20-14)21(17)9-3-4-10(8-9)23-6-5-18-22/h9-10,12H,2-8,16-17H2,1H3,(H,19,20)/t9-,10+,12?/m0/s1. The lowest BCUT2D eigenvalue weighted by Gasteiger charge is -2.33. The minimum Gasteiger partial charge on any atom is -0.396 e. The van der Waals surface area contributed by atoms with Gasteiger partial charge in [-0.1, -0.05) is 35.5 Å². The van der Waals surface area contributed by atoms with Crippen molar-refractivity contribution < 1.29 is 4.74 Å². The first kappa shape index (κ1) is 19.3. The summed E-state index contributed by atoms with van der Waals surface area (Å²) in [5.74, 6) is 7.86. The molecular formula is C14H25ClN6O2S. The lowest BCUT2D eigenvalue weighted by atomic mass is 10.2. The molecule has 10 heteroatoms. The van der Waals surface area contributed by atoms with Crippen molar-refractivity contribution in [3.63, 3.8) is 0 Å². The van der Waals surface area contributed by atoms with Crippen LogP contribution in [0.3, 0.4) is 0 Å². The summed E-state index contributed by atoms with van der Waals surface area (Å²) in [5, 5.41) is 8.38. The van der Waals surface area contributed by atoms with Gasteiger partial charge in [0.2, 0.25) is 0 Å². The van der Waals surface area contributed by atoms with Crippen LogP contribution >= 0.6 is 23.4 Å². The molecule has 0 aromatic carbocycles. The minimum absolute atomic E-state index is 0.0858. The van der Waals surface area contributed by atoms with Gasteiger partial charge < -0.3 is 15.8 Å². The van der Waals surface area contributed by atoms with Gasteiger partial charge in [-0.15, -0.1) is 0 Å². The Morgan fingerprint density at radius 3 is 3.04 bits per heavy atom. The number of hydrazine groups is 1. The number of rotatable bonds is 8. The molecule has 1 unspecified atom stereocenters. The Balaban J connectivity index is 1.94. The molecule has 1 fully saturated rings. The summed E-state index contributed by atoms with van der Waals surface area (Å²) in [6.45, 7) is 2.63. The zero-order valence-corrected chi connectivity index (χ0v) is 15.4. The summed E-state index contributed by atoms with van der Waals surface area (Å²) in [4.78, 5) is 14.4. The van der Waals surface area contributed by atoms with Crippen LogP contribution < -0.4 is 16.9 Å². The maximum Gasteiger partial charge on any atom is 0.169 e. The second-order valence-electron chi connectivity index (χ2n) is 5.77. The number of nitrogens with one attached hydrogen (secondary N) is 1. The number of amidine groups is 1. The van der Waals surface area contributed by atoms with Crippen molar-refractivity contribution in [2.45, 2.75) is 50.3 Å². The monoisotopic (exact) mass is 376 g/mol. The molecule has 0 aromatic heterocycles. The van der Waals surface area contributed by atoms with Gasteiger partial charge in [0.1, 0.15) is 12.4 Å².